The Morgan fingerprint density at radius 1 is 1.39 bits per heavy atom. The Hall–Kier alpha value is -0.870. The van der Waals surface area contributed by atoms with E-state index in [-0.39, 0.29) is 5.91 Å². The molecule has 3 fully saturated rings. The van der Waals surface area contributed by atoms with Crippen molar-refractivity contribution in [3.63, 3.8) is 0 Å². The van der Waals surface area contributed by atoms with E-state index in [0.717, 1.165) is 17.7 Å². The third-order valence-corrected chi connectivity index (χ3v) is 5.52. The van der Waals surface area contributed by atoms with Crippen LogP contribution < -0.4 is 5.32 Å². The Kier molecular flexibility index (Phi) is 3.16. The fourth-order valence-corrected chi connectivity index (χ4v) is 3.98. The normalized spacial score (nSPS) is 30.4. The van der Waals surface area contributed by atoms with Gasteiger partial charge in [-0.3, -0.25) is 4.79 Å². The van der Waals surface area contributed by atoms with E-state index in [4.69, 9.17) is 0 Å². The van der Waals surface area contributed by atoms with Gasteiger partial charge >= 0.3 is 0 Å². The van der Waals surface area contributed by atoms with E-state index in [1.807, 2.05) is 12.3 Å². The predicted octanol–water partition coefficient (Wildman–Crippen LogP) is 2.19. The highest BCUT2D eigenvalue weighted by atomic mass is 32.1. The lowest BCUT2D eigenvalue weighted by atomic mass is 9.84. The van der Waals surface area contributed by atoms with E-state index >= 15 is 0 Å². The van der Waals surface area contributed by atoms with E-state index in [0.29, 0.717) is 12.0 Å². The lowest BCUT2D eigenvalue weighted by molar-refractivity contribution is 0.0620. The van der Waals surface area contributed by atoms with Crippen LogP contribution in [0.15, 0.2) is 5.38 Å². The molecule has 3 nitrogen and oxygen atoms in total. The van der Waals surface area contributed by atoms with Gasteiger partial charge in [0.15, 0.2) is 0 Å². The second-order valence-corrected chi connectivity index (χ2v) is 6.63. The largest absolute Gasteiger partial charge is 0.348 e. The zero-order chi connectivity index (χ0) is 12.7. The second kappa shape index (κ2) is 4.67. The van der Waals surface area contributed by atoms with Crippen molar-refractivity contribution in [1.29, 1.82) is 0 Å². The average molecular weight is 264 g/mol. The molecule has 3 aliphatic heterocycles. The first kappa shape index (κ1) is 12.2. The molecule has 1 amide bonds. The number of rotatable bonds is 2. The van der Waals surface area contributed by atoms with Gasteiger partial charge in [0.1, 0.15) is 0 Å². The van der Waals surface area contributed by atoms with Crippen LogP contribution in [-0.4, -0.2) is 36.5 Å². The molecule has 0 aromatic carbocycles. The summed E-state index contributed by atoms with van der Waals surface area (Å²) in [5, 5.41) is 5.23. The Morgan fingerprint density at radius 3 is 2.61 bits per heavy atom. The second-order valence-electron chi connectivity index (χ2n) is 5.55. The number of piperidine rings is 3. The highest BCUT2D eigenvalue weighted by Gasteiger charge is 2.35. The number of nitrogens with one attached hydrogen (secondary N) is 1. The summed E-state index contributed by atoms with van der Waals surface area (Å²) in [4.78, 5) is 16.0. The van der Waals surface area contributed by atoms with Gasteiger partial charge in [-0.1, -0.05) is 0 Å². The van der Waals surface area contributed by atoms with Crippen LogP contribution in [0.5, 0.6) is 0 Å². The maximum atomic E-state index is 12.3. The minimum Gasteiger partial charge on any atom is -0.348 e. The molecule has 4 heteroatoms. The monoisotopic (exact) mass is 264 g/mol. The standard InChI is InChI=1S/C14H20N2OS/c1-9-10(2)18-8-12(9)14(17)15-13-7-16-5-3-11(13)4-6-16/h8,11,13H,3-7H2,1-2H3,(H,15,17). The summed E-state index contributed by atoms with van der Waals surface area (Å²) in [5.41, 5.74) is 2.01. The van der Waals surface area contributed by atoms with E-state index in [1.165, 1.54) is 30.8 Å². The van der Waals surface area contributed by atoms with Crippen LogP contribution in [0.4, 0.5) is 0 Å². The van der Waals surface area contributed by atoms with Gasteiger partial charge in [-0.05, 0) is 51.3 Å². The molecule has 2 bridgehead atoms. The number of aryl methyl sites for hydroxylation is 1. The number of carbonyl (C=O) groups excluding carboxylic acids is 1. The fraction of sp³-hybridized carbons (Fsp3) is 0.643. The third-order valence-electron chi connectivity index (χ3n) is 4.50. The zero-order valence-corrected chi connectivity index (χ0v) is 11.8. The number of amides is 1. The third kappa shape index (κ3) is 2.08. The molecule has 0 radical (unpaired) electrons. The van der Waals surface area contributed by atoms with Crippen LogP contribution in [0.3, 0.4) is 0 Å². The number of fused-ring (bicyclic) bond motifs is 3. The first-order chi connectivity index (χ1) is 8.65. The zero-order valence-electron chi connectivity index (χ0n) is 11.0. The van der Waals surface area contributed by atoms with Crippen LogP contribution in [0.1, 0.15) is 33.6 Å². The highest BCUT2D eigenvalue weighted by Crippen LogP contribution is 2.28. The number of thiophene rings is 1. The van der Waals surface area contributed by atoms with Crippen molar-refractivity contribution in [2.24, 2.45) is 5.92 Å². The molecule has 0 saturated carbocycles. The predicted molar refractivity (Wildman–Crippen MR) is 74.2 cm³/mol. The van der Waals surface area contributed by atoms with Crippen LogP contribution in [0, 0.1) is 19.8 Å². The minimum absolute atomic E-state index is 0.121. The highest BCUT2D eigenvalue weighted by molar-refractivity contribution is 7.10. The quantitative estimate of drug-likeness (QED) is 0.888. The molecule has 1 N–H and O–H groups in total. The molecule has 1 aromatic rings. The van der Waals surface area contributed by atoms with Crippen molar-refractivity contribution in [2.45, 2.75) is 32.7 Å². The van der Waals surface area contributed by atoms with Crippen molar-refractivity contribution in [1.82, 2.24) is 10.2 Å². The molecule has 4 heterocycles. The minimum atomic E-state index is 0.121. The van der Waals surface area contributed by atoms with Gasteiger partial charge in [-0.25, -0.2) is 0 Å². The van der Waals surface area contributed by atoms with Gasteiger partial charge in [0.2, 0.25) is 0 Å². The summed E-state index contributed by atoms with van der Waals surface area (Å²) < 4.78 is 0. The fourth-order valence-electron chi connectivity index (χ4n) is 3.11. The van der Waals surface area contributed by atoms with Gasteiger partial charge in [-0.15, -0.1) is 11.3 Å². The molecular formula is C14H20N2OS. The van der Waals surface area contributed by atoms with Gasteiger partial charge in [0.25, 0.3) is 5.91 Å². The first-order valence-corrected chi connectivity index (χ1v) is 7.61. The van der Waals surface area contributed by atoms with E-state index < -0.39 is 0 Å². The van der Waals surface area contributed by atoms with Crippen LogP contribution >= 0.6 is 11.3 Å². The molecular weight excluding hydrogens is 244 g/mol. The van der Waals surface area contributed by atoms with Gasteiger partial charge in [0.05, 0.1) is 5.56 Å². The number of hydrogen-bond acceptors (Lipinski definition) is 3. The lowest BCUT2D eigenvalue weighted by Gasteiger charge is -2.44. The van der Waals surface area contributed by atoms with Crippen molar-refractivity contribution in [3.05, 3.63) is 21.4 Å². The smallest absolute Gasteiger partial charge is 0.252 e. The maximum Gasteiger partial charge on any atom is 0.252 e. The SMILES string of the molecule is Cc1scc(C(=O)NC2CN3CCC2CC3)c1C. The summed E-state index contributed by atoms with van der Waals surface area (Å²) in [5.74, 6) is 0.814. The summed E-state index contributed by atoms with van der Waals surface area (Å²) in [6.07, 6.45) is 2.49. The molecule has 0 aliphatic carbocycles. The number of hydrogen-bond donors (Lipinski definition) is 1. The summed E-state index contributed by atoms with van der Waals surface area (Å²) in [7, 11) is 0. The average Bonchev–Trinajstić information content (AvgIpc) is 2.71. The van der Waals surface area contributed by atoms with Crippen molar-refractivity contribution in [2.75, 3.05) is 19.6 Å². The Labute approximate surface area is 112 Å². The van der Waals surface area contributed by atoms with Crippen molar-refractivity contribution < 1.29 is 4.79 Å². The van der Waals surface area contributed by atoms with Crippen molar-refractivity contribution in [3.8, 4) is 0 Å². The van der Waals surface area contributed by atoms with Crippen LogP contribution in [0.25, 0.3) is 0 Å². The molecule has 3 saturated heterocycles. The molecule has 4 rings (SSSR count). The van der Waals surface area contributed by atoms with Gasteiger partial charge < -0.3 is 10.2 Å². The Morgan fingerprint density at radius 2 is 2.11 bits per heavy atom. The maximum absolute atomic E-state index is 12.3. The molecule has 3 aliphatic rings. The number of carbonyl (C=O) groups is 1. The molecule has 1 aromatic heterocycles. The van der Waals surface area contributed by atoms with Gasteiger partial charge in [-0.2, -0.15) is 0 Å². The molecule has 18 heavy (non-hydrogen) atoms. The van der Waals surface area contributed by atoms with Gasteiger partial charge in [0, 0.05) is 22.8 Å². The number of nitrogens with zero attached hydrogens (tertiary/aromatic N) is 1. The topological polar surface area (TPSA) is 32.3 Å². The summed E-state index contributed by atoms with van der Waals surface area (Å²) in [6, 6.07) is 0.361. The lowest BCUT2D eigenvalue weighted by Crippen LogP contribution is -2.57. The molecule has 98 valence electrons. The van der Waals surface area contributed by atoms with E-state index in [9.17, 15) is 4.79 Å². The van der Waals surface area contributed by atoms with Crippen LogP contribution in [-0.2, 0) is 0 Å². The Balaban J connectivity index is 1.70. The summed E-state index contributed by atoms with van der Waals surface area (Å²) in [6.45, 7) is 7.59. The molecule has 0 spiro atoms. The summed E-state index contributed by atoms with van der Waals surface area (Å²) >= 11 is 1.67. The van der Waals surface area contributed by atoms with E-state index in [1.54, 1.807) is 11.3 Å². The van der Waals surface area contributed by atoms with Crippen LogP contribution in [0.2, 0.25) is 0 Å². The Bertz CT molecular complexity index is 460. The van der Waals surface area contributed by atoms with E-state index in [2.05, 4.69) is 17.1 Å². The first-order valence-electron chi connectivity index (χ1n) is 6.73. The molecule has 1 unspecified atom stereocenters. The van der Waals surface area contributed by atoms with Crippen molar-refractivity contribution >= 4 is 17.2 Å². The molecule has 1 atom stereocenters.